The van der Waals surface area contributed by atoms with Gasteiger partial charge in [-0.2, -0.15) is 0 Å². The molecule has 0 saturated heterocycles. The van der Waals surface area contributed by atoms with Crippen LogP contribution in [0.2, 0.25) is 0 Å². The number of aryl methyl sites for hydroxylation is 1. The van der Waals surface area contributed by atoms with Crippen LogP contribution in [0.1, 0.15) is 36.5 Å². The van der Waals surface area contributed by atoms with Gasteiger partial charge >= 0.3 is 0 Å². The monoisotopic (exact) mass is 230 g/mol. The molecule has 2 N–H and O–H groups in total. The minimum Gasteiger partial charge on any atom is -0.367 e. The fourth-order valence-corrected chi connectivity index (χ4v) is 2.07. The van der Waals surface area contributed by atoms with Crippen molar-refractivity contribution in [2.75, 3.05) is 5.73 Å². The van der Waals surface area contributed by atoms with Gasteiger partial charge in [-0.05, 0) is 30.9 Å². The van der Waals surface area contributed by atoms with E-state index in [1.807, 2.05) is 6.07 Å². The Kier molecular flexibility index (Phi) is 2.92. The number of hydrogen-bond acceptors (Lipinski definition) is 3. The Morgan fingerprint density at radius 3 is 2.59 bits per heavy atom. The molecule has 0 atom stereocenters. The van der Waals surface area contributed by atoms with Crippen molar-refractivity contribution in [3.8, 4) is 11.3 Å². The number of nitrogens with zero attached hydrogens (tertiary/aromatic N) is 1. The lowest BCUT2D eigenvalue weighted by Crippen LogP contribution is -1.96. The maximum atomic E-state index is 5.84. The van der Waals surface area contributed by atoms with E-state index in [1.165, 1.54) is 11.1 Å². The lowest BCUT2D eigenvalue weighted by atomic mass is 9.94. The van der Waals surface area contributed by atoms with Gasteiger partial charge in [0.1, 0.15) is 5.69 Å². The quantitative estimate of drug-likeness (QED) is 0.856. The highest BCUT2D eigenvalue weighted by atomic mass is 16.5. The fraction of sp³-hybridized carbons (Fsp3) is 0.357. The van der Waals surface area contributed by atoms with Crippen LogP contribution < -0.4 is 5.73 Å². The zero-order valence-corrected chi connectivity index (χ0v) is 10.7. The highest BCUT2D eigenvalue weighted by Crippen LogP contribution is 2.35. The second-order valence-electron chi connectivity index (χ2n) is 4.71. The van der Waals surface area contributed by atoms with E-state index in [4.69, 9.17) is 10.3 Å². The Hall–Kier alpha value is -1.77. The van der Waals surface area contributed by atoms with Gasteiger partial charge in [-0.25, -0.2) is 0 Å². The molecule has 0 radical (unpaired) electrons. The van der Waals surface area contributed by atoms with Gasteiger partial charge in [-0.3, -0.25) is 0 Å². The average molecular weight is 230 g/mol. The summed E-state index contributed by atoms with van der Waals surface area (Å²) in [7, 11) is 0. The summed E-state index contributed by atoms with van der Waals surface area (Å²) in [5.74, 6) is 0.729. The first kappa shape index (κ1) is 11.7. The molecule has 0 spiro atoms. The summed E-state index contributed by atoms with van der Waals surface area (Å²) in [6, 6.07) is 6.19. The molecule has 0 aliphatic rings. The van der Waals surface area contributed by atoms with Gasteiger partial charge in [0, 0.05) is 11.1 Å². The van der Waals surface area contributed by atoms with Crippen LogP contribution in [-0.2, 0) is 0 Å². The number of aromatic nitrogens is 1. The molecule has 3 heteroatoms. The Labute approximate surface area is 102 Å². The fourth-order valence-electron chi connectivity index (χ4n) is 2.07. The normalized spacial score (nSPS) is 11.1. The molecule has 1 heterocycles. The van der Waals surface area contributed by atoms with Crippen LogP contribution in [0.3, 0.4) is 0 Å². The first-order chi connectivity index (χ1) is 8.02. The predicted molar refractivity (Wildman–Crippen MR) is 69.9 cm³/mol. The molecule has 0 aliphatic carbocycles. The number of rotatable bonds is 2. The van der Waals surface area contributed by atoms with E-state index >= 15 is 0 Å². The van der Waals surface area contributed by atoms with Crippen molar-refractivity contribution < 1.29 is 4.52 Å². The van der Waals surface area contributed by atoms with E-state index < -0.39 is 0 Å². The van der Waals surface area contributed by atoms with Crippen LogP contribution >= 0.6 is 0 Å². The molecular formula is C14H18N2O. The number of anilines is 1. The topological polar surface area (TPSA) is 52.0 Å². The SMILES string of the molecule is Cc1cccc(-c2noc(N)c2C(C)C)c1C. The predicted octanol–water partition coefficient (Wildman–Crippen LogP) is 3.66. The molecule has 0 saturated carbocycles. The lowest BCUT2D eigenvalue weighted by Gasteiger charge is -2.09. The standard InChI is InChI=1S/C14H18N2O/c1-8(2)12-13(16-17-14(12)15)11-7-5-6-9(3)10(11)4/h5-8H,15H2,1-4H3. The molecular weight excluding hydrogens is 212 g/mol. The van der Waals surface area contributed by atoms with Crippen LogP contribution in [-0.4, -0.2) is 5.16 Å². The van der Waals surface area contributed by atoms with Crippen molar-refractivity contribution in [1.82, 2.24) is 5.16 Å². The third-order valence-electron chi connectivity index (χ3n) is 3.19. The van der Waals surface area contributed by atoms with Crippen LogP contribution in [0.4, 0.5) is 5.88 Å². The molecule has 0 amide bonds. The average Bonchev–Trinajstić information content (AvgIpc) is 2.64. The molecule has 90 valence electrons. The maximum absolute atomic E-state index is 5.84. The Balaban J connectivity index is 2.65. The summed E-state index contributed by atoms with van der Waals surface area (Å²) in [5.41, 5.74) is 11.3. The van der Waals surface area contributed by atoms with E-state index in [-0.39, 0.29) is 0 Å². The Morgan fingerprint density at radius 1 is 1.24 bits per heavy atom. The minimum atomic E-state index is 0.302. The summed E-state index contributed by atoms with van der Waals surface area (Å²) in [6.07, 6.45) is 0. The van der Waals surface area contributed by atoms with Gasteiger partial charge in [0.2, 0.25) is 5.88 Å². The van der Waals surface area contributed by atoms with E-state index in [2.05, 4.69) is 45.0 Å². The van der Waals surface area contributed by atoms with E-state index in [0.29, 0.717) is 11.8 Å². The van der Waals surface area contributed by atoms with Crippen molar-refractivity contribution in [1.29, 1.82) is 0 Å². The van der Waals surface area contributed by atoms with E-state index in [9.17, 15) is 0 Å². The second-order valence-corrected chi connectivity index (χ2v) is 4.71. The number of hydrogen-bond donors (Lipinski definition) is 1. The summed E-state index contributed by atoms with van der Waals surface area (Å²) in [4.78, 5) is 0. The minimum absolute atomic E-state index is 0.302. The maximum Gasteiger partial charge on any atom is 0.226 e. The Morgan fingerprint density at radius 2 is 1.94 bits per heavy atom. The van der Waals surface area contributed by atoms with Crippen molar-refractivity contribution in [2.24, 2.45) is 0 Å². The summed E-state index contributed by atoms with van der Waals surface area (Å²) >= 11 is 0. The van der Waals surface area contributed by atoms with Crippen molar-refractivity contribution in [2.45, 2.75) is 33.6 Å². The summed E-state index contributed by atoms with van der Waals surface area (Å²) < 4.78 is 5.13. The molecule has 3 nitrogen and oxygen atoms in total. The van der Waals surface area contributed by atoms with Crippen LogP contribution in [0.5, 0.6) is 0 Å². The first-order valence-corrected chi connectivity index (χ1v) is 5.84. The zero-order valence-electron chi connectivity index (χ0n) is 10.7. The first-order valence-electron chi connectivity index (χ1n) is 5.84. The Bertz CT molecular complexity index is 541. The number of nitrogens with two attached hydrogens (primary N) is 1. The second kappa shape index (κ2) is 4.24. The van der Waals surface area contributed by atoms with Gasteiger partial charge < -0.3 is 10.3 Å². The summed E-state index contributed by atoms with van der Waals surface area (Å²) in [6.45, 7) is 8.38. The van der Waals surface area contributed by atoms with E-state index in [0.717, 1.165) is 16.8 Å². The molecule has 0 unspecified atom stereocenters. The van der Waals surface area contributed by atoms with Crippen molar-refractivity contribution >= 4 is 5.88 Å². The van der Waals surface area contributed by atoms with Gasteiger partial charge in [-0.15, -0.1) is 0 Å². The highest BCUT2D eigenvalue weighted by Gasteiger charge is 2.19. The highest BCUT2D eigenvalue weighted by molar-refractivity contribution is 5.71. The van der Waals surface area contributed by atoms with E-state index in [1.54, 1.807) is 0 Å². The third-order valence-corrected chi connectivity index (χ3v) is 3.19. The van der Waals surface area contributed by atoms with Crippen LogP contribution in [0, 0.1) is 13.8 Å². The molecule has 2 rings (SSSR count). The van der Waals surface area contributed by atoms with Crippen molar-refractivity contribution in [3.05, 3.63) is 34.9 Å². The van der Waals surface area contributed by atoms with Gasteiger partial charge in [-0.1, -0.05) is 37.2 Å². The molecule has 0 bridgehead atoms. The molecule has 0 fully saturated rings. The number of benzene rings is 1. The van der Waals surface area contributed by atoms with Gasteiger partial charge in [0.05, 0.1) is 0 Å². The molecule has 0 aliphatic heterocycles. The third kappa shape index (κ3) is 1.93. The van der Waals surface area contributed by atoms with Crippen LogP contribution in [0.25, 0.3) is 11.3 Å². The zero-order chi connectivity index (χ0) is 12.6. The summed E-state index contributed by atoms with van der Waals surface area (Å²) in [5, 5.41) is 4.11. The van der Waals surface area contributed by atoms with Gasteiger partial charge in [0.25, 0.3) is 0 Å². The molecule has 1 aromatic carbocycles. The smallest absolute Gasteiger partial charge is 0.226 e. The van der Waals surface area contributed by atoms with Crippen LogP contribution in [0.15, 0.2) is 22.7 Å². The van der Waals surface area contributed by atoms with Crippen molar-refractivity contribution in [3.63, 3.8) is 0 Å². The van der Waals surface area contributed by atoms with Gasteiger partial charge in [0.15, 0.2) is 0 Å². The molecule has 17 heavy (non-hydrogen) atoms. The largest absolute Gasteiger partial charge is 0.367 e. The molecule has 1 aromatic heterocycles. The molecule has 2 aromatic rings. The number of nitrogen functional groups attached to an aromatic ring is 1. The lowest BCUT2D eigenvalue weighted by molar-refractivity contribution is 0.438.